The average molecular weight is 426 g/mol. The van der Waals surface area contributed by atoms with Gasteiger partial charge in [-0.3, -0.25) is 9.79 Å². The lowest BCUT2D eigenvalue weighted by Gasteiger charge is -2.33. The summed E-state index contributed by atoms with van der Waals surface area (Å²) in [6, 6.07) is 0.387. The lowest BCUT2D eigenvalue weighted by atomic mass is 10.0. The van der Waals surface area contributed by atoms with Gasteiger partial charge in [-0.15, -0.1) is 24.0 Å². The summed E-state index contributed by atoms with van der Waals surface area (Å²) < 4.78 is 5.00. The van der Waals surface area contributed by atoms with E-state index < -0.39 is 0 Å². The highest BCUT2D eigenvalue weighted by Gasteiger charge is 2.22. The summed E-state index contributed by atoms with van der Waals surface area (Å²) in [6.07, 6.45) is 4.94. The first-order chi connectivity index (χ1) is 10.2. The van der Waals surface area contributed by atoms with Crippen LogP contribution in [0.1, 0.15) is 39.0 Å². The predicted octanol–water partition coefficient (Wildman–Crippen LogP) is 1.60. The Bertz CT molecular complexity index is 340. The molecule has 22 heavy (non-hydrogen) atoms. The Morgan fingerprint density at radius 3 is 2.68 bits per heavy atom. The molecule has 0 aromatic carbocycles. The molecule has 0 aliphatic carbocycles. The maximum absolute atomic E-state index is 12.2. The largest absolute Gasteiger partial charge is 0.385 e. The van der Waals surface area contributed by atoms with Crippen molar-refractivity contribution in [2.75, 3.05) is 40.4 Å². The van der Waals surface area contributed by atoms with E-state index in [1.54, 1.807) is 14.2 Å². The molecule has 1 aliphatic heterocycles. The van der Waals surface area contributed by atoms with Crippen LogP contribution in [0.4, 0.5) is 0 Å². The molecule has 1 rings (SSSR count). The van der Waals surface area contributed by atoms with Crippen LogP contribution in [0.5, 0.6) is 0 Å². The summed E-state index contributed by atoms with van der Waals surface area (Å²) in [5, 5.41) is 6.38. The molecule has 0 bridgehead atoms. The Labute approximate surface area is 151 Å². The van der Waals surface area contributed by atoms with Gasteiger partial charge in [0.25, 0.3) is 0 Å². The zero-order valence-corrected chi connectivity index (χ0v) is 16.4. The Hall–Kier alpha value is -0.570. The summed E-state index contributed by atoms with van der Waals surface area (Å²) in [6.45, 7) is 5.21. The van der Waals surface area contributed by atoms with E-state index in [2.05, 4.69) is 22.5 Å². The average Bonchev–Trinajstić information content (AvgIpc) is 2.50. The highest BCUT2D eigenvalue weighted by Crippen LogP contribution is 2.16. The molecule has 130 valence electrons. The number of nitrogens with one attached hydrogen (secondary N) is 2. The molecule has 7 heteroatoms. The smallest absolute Gasteiger partial charge is 0.224 e. The molecule has 0 radical (unpaired) electrons. The maximum atomic E-state index is 12.2. The third kappa shape index (κ3) is 8.17. The SMILES string of the molecule is CN=C(NCCCOC)NCCC(=O)N1CCCCC1C.I. The van der Waals surface area contributed by atoms with Crippen molar-refractivity contribution in [3.8, 4) is 0 Å². The second-order valence-corrected chi connectivity index (χ2v) is 5.45. The van der Waals surface area contributed by atoms with Crippen LogP contribution in [-0.2, 0) is 9.53 Å². The summed E-state index contributed by atoms with van der Waals surface area (Å²) in [4.78, 5) is 18.3. The molecule has 1 aliphatic rings. The van der Waals surface area contributed by atoms with E-state index in [1.807, 2.05) is 4.90 Å². The molecular weight excluding hydrogens is 395 g/mol. The van der Waals surface area contributed by atoms with Crippen molar-refractivity contribution >= 4 is 35.8 Å². The number of halogens is 1. The number of hydrogen-bond acceptors (Lipinski definition) is 3. The summed E-state index contributed by atoms with van der Waals surface area (Å²) >= 11 is 0. The van der Waals surface area contributed by atoms with Crippen molar-refractivity contribution < 1.29 is 9.53 Å². The minimum Gasteiger partial charge on any atom is -0.385 e. The van der Waals surface area contributed by atoms with Crippen molar-refractivity contribution in [1.29, 1.82) is 0 Å². The Balaban J connectivity index is 0.00000441. The summed E-state index contributed by atoms with van der Waals surface area (Å²) in [7, 11) is 3.43. The number of methoxy groups -OCH3 is 1. The van der Waals surface area contributed by atoms with E-state index in [0.29, 0.717) is 19.0 Å². The van der Waals surface area contributed by atoms with E-state index in [1.165, 1.54) is 6.42 Å². The standard InChI is InChI=1S/C15H30N4O2.HI/c1-13-7-4-5-11-19(13)14(20)8-10-18-15(16-2)17-9-6-12-21-3;/h13H,4-12H2,1-3H3,(H2,16,17,18);1H. The van der Waals surface area contributed by atoms with Crippen LogP contribution >= 0.6 is 24.0 Å². The number of nitrogens with zero attached hydrogens (tertiary/aromatic N) is 2. The van der Waals surface area contributed by atoms with Gasteiger partial charge in [0.2, 0.25) is 5.91 Å². The van der Waals surface area contributed by atoms with Gasteiger partial charge in [0.15, 0.2) is 5.96 Å². The molecule has 1 heterocycles. The van der Waals surface area contributed by atoms with E-state index in [-0.39, 0.29) is 29.9 Å². The van der Waals surface area contributed by atoms with E-state index in [4.69, 9.17) is 4.74 Å². The number of ether oxygens (including phenoxy) is 1. The Morgan fingerprint density at radius 2 is 2.05 bits per heavy atom. The second kappa shape index (κ2) is 12.9. The molecule has 1 atom stereocenters. The highest BCUT2D eigenvalue weighted by atomic mass is 127. The molecular formula is C15H31IN4O2. The molecule has 1 fully saturated rings. The van der Waals surface area contributed by atoms with E-state index in [0.717, 1.165) is 44.9 Å². The first-order valence-electron chi connectivity index (χ1n) is 7.92. The van der Waals surface area contributed by atoms with Gasteiger partial charge in [-0.1, -0.05) is 0 Å². The highest BCUT2D eigenvalue weighted by molar-refractivity contribution is 14.0. The zero-order valence-electron chi connectivity index (χ0n) is 14.1. The van der Waals surface area contributed by atoms with Crippen LogP contribution in [0.3, 0.4) is 0 Å². The van der Waals surface area contributed by atoms with Gasteiger partial charge < -0.3 is 20.3 Å². The summed E-state index contributed by atoms with van der Waals surface area (Å²) in [5.41, 5.74) is 0. The van der Waals surface area contributed by atoms with Crippen LogP contribution in [0.2, 0.25) is 0 Å². The summed E-state index contributed by atoms with van der Waals surface area (Å²) in [5.74, 6) is 0.982. The quantitative estimate of drug-likeness (QED) is 0.281. The van der Waals surface area contributed by atoms with Crippen molar-refractivity contribution in [2.24, 2.45) is 4.99 Å². The van der Waals surface area contributed by atoms with Crippen LogP contribution in [0.25, 0.3) is 0 Å². The fourth-order valence-electron chi connectivity index (χ4n) is 2.54. The van der Waals surface area contributed by atoms with Gasteiger partial charge in [0, 0.05) is 52.9 Å². The third-order valence-corrected chi connectivity index (χ3v) is 3.80. The van der Waals surface area contributed by atoms with Crippen molar-refractivity contribution in [3.63, 3.8) is 0 Å². The fraction of sp³-hybridized carbons (Fsp3) is 0.867. The van der Waals surface area contributed by atoms with Crippen LogP contribution in [0, 0.1) is 0 Å². The van der Waals surface area contributed by atoms with Crippen molar-refractivity contribution in [3.05, 3.63) is 0 Å². The number of carbonyl (C=O) groups excluding carboxylic acids is 1. The lowest BCUT2D eigenvalue weighted by molar-refractivity contribution is -0.134. The number of hydrogen-bond donors (Lipinski definition) is 2. The number of guanidine groups is 1. The Kier molecular flexibility index (Phi) is 12.6. The first-order valence-corrected chi connectivity index (χ1v) is 7.92. The topological polar surface area (TPSA) is 66.0 Å². The number of amides is 1. The van der Waals surface area contributed by atoms with Gasteiger partial charge >= 0.3 is 0 Å². The monoisotopic (exact) mass is 426 g/mol. The number of likely N-dealkylation sites (tertiary alicyclic amines) is 1. The molecule has 6 nitrogen and oxygen atoms in total. The molecule has 0 aromatic rings. The van der Waals surface area contributed by atoms with Gasteiger partial charge in [-0.25, -0.2) is 0 Å². The number of piperidine rings is 1. The Morgan fingerprint density at radius 1 is 1.32 bits per heavy atom. The number of aliphatic imine (C=N–C) groups is 1. The van der Waals surface area contributed by atoms with Gasteiger partial charge in [-0.05, 0) is 32.6 Å². The molecule has 0 spiro atoms. The third-order valence-electron chi connectivity index (χ3n) is 3.80. The van der Waals surface area contributed by atoms with Crippen molar-refractivity contribution in [2.45, 2.75) is 45.1 Å². The normalized spacial score (nSPS) is 18.6. The van der Waals surface area contributed by atoms with Gasteiger partial charge in [0.05, 0.1) is 0 Å². The van der Waals surface area contributed by atoms with Crippen LogP contribution in [0.15, 0.2) is 4.99 Å². The zero-order chi connectivity index (χ0) is 15.5. The minimum absolute atomic E-state index is 0. The molecule has 2 N–H and O–H groups in total. The first kappa shape index (κ1) is 21.4. The molecule has 1 unspecified atom stereocenters. The molecule has 1 amide bonds. The van der Waals surface area contributed by atoms with E-state index >= 15 is 0 Å². The minimum atomic E-state index is 0. The van der Waals surface area contributed by atoms with Gasteiger partial charge in [-0.2, -0.15) is 0 Å². The predicted molar refractivity (Wildman–Crippen MR) is 101 cm³/mol. The van der Waals surface area contributed by atoms with Crippen LogP contribution in [-0.4, -0.2) is 63.2 Å². The number of rotatable bonds is 7. The molecule has 0 saturated carbocycles. The van der Waals surface area contributed by atoms with Crippen LogP contribution < -0.4 is 10.6 Å². The maximum Gasteiger partial charge on any atom is 0.224 e. The molecule has 1 saturated heterocycles. The van der Waals surface area contributed by atoms with Gasteiger partial charge in [0.1, 0.15) is 0 Å². The van der Waals surface area contributed by atoms with E-state index in [9.17, 15) is 4.79 Å². The second-order valence-electron chi connectivity index (χ2n) is 5.45. The fourth-order valence-corrected chi connectivity index (χ4v) is 2.54. The van der Waals surface area contributed by atoms with Crippen molar-refractivity contribution in [1.82, 2.24) is 15.5 Å². The lowest BCUT2D eigenvalue weighted by Crippen LogP contribution is -2.44. The molecule has 0 aromatic heterocycles. The number of carbonyl (C=O) groups is 1.